The SMILES string of the molecule is O=C(COC(=O)c1cc(Cl)ccn1)Nc1cc(Cl)ccc1F. The molecule has 0 fully saturated rings. The summed E-state index contributed by atoms with van der Waals surface area (Å²) in [7, 11) is 0. The first-order valence-corrected chi connectivity index (χ1v) is 6.75. The van der Waals surface area contributed by atoms with Crippen LogP contribution in [-0.2, 0) is 9.53 Å². The van der Waals surface area contributed by atoms with Gasteiger partial charge in [0.1, 0.15) is 11.5 Å². The molecule has 114 valence electrons. The Kier molecular flexibility index (Phi) is 5.30. The van der Waals surface area contributed by atoms with Crippen LogP contribution in [0.3, 0.4) is 0 Å². The Morgan fingerprint density at radius 2 is 1.91 bits per heavy atom. The van der Waals surface area contributed by atoms with E-state index in [-0.39, 0.29) is 16.4 Å². The van der Waals surface area contributed by atoms with Crippen LogP contribution in [-0.4, -0.2) is 23.5 Å². The van der Waals surface area contributed by atoms with Crippen LogP contribution in [0.4, 0.5) is 10.1 Å². The smallest absolute Gasteiger partial charge is 0.357 e. The number of nitrogens with zero attached hydrogens (tertiary/aromatic N) is 1. The lowest BCUT2D eigenvalue weighted by Gasteiger charge is -2.07. The van der Waals surface area contributed by atoms with Gasteiger partial charge < -0.3 is 10.1 Å². The van der Waals surface area contributed by atoms with E-state index in [4.69, 9.17) is 27.9 Å². The van der Waals surface area contributed by atoms with Gasteiger partial charge in [0.25, 0.3) is 5.91 Å². The first kappa shape index (κ1) is 16.2. The summed E-state index contributed by atoms with van der Waals surface area (Å²) >= 11 is 11.4. The van der Waals surface area contributed by atoms with Gasteiger partial charge in [-0.1, -0.05) is 23.2 Å². The molecule has 8 heteroatoms. The third kappa shape index (κ3) is 4.41. The minimum absolute atomic E-state index is 0.0331. The molecule has 22 heavy (non-hydrogen) atoms. The van der Waals surface area contributed by atoms with Gasteiger partial charge in [0.05, 0.1) is 5.69 Å². The molecule has 0 aliphatic heterocycles. The summed E-state index contributed by atoms with van der Waals surface area (Å²) in [5, 5.41) is 2.82. The van der Waals surface area contributed by atoms with Crippen molar-refractivity contribution in [1.29, 1.82) is 0 Å². The summed E-state index contributed by atoms with van der Waals surface area (Å²) in [6.07, 6.45) is 1.33. The Balaban J connectivity index is 1.93. The molecule has 0 atom stereocenters. The lowest BCUT2D eigenvalue weighted by molar-refractivity contribution is -0.119. The van der Waals surface area contributed by atoms with E-state index in [0.29, 0.717) is 5.02 Å². The first-order valence-electron chi connectivity index (χ1n) is 5.99. The summed E-state index contributed by atoms with van der Waals surface area (Å²) in [4.78, 5) is 27.0. The number of hydrogen-bond donors (Lipinski definition) is 1. The molecular formula is C14H9Cl2FN2O3. The Labute approximate surface area is 135 Å². The number of benzene rings is 1. The van der Waals surface area contributed by atoms with Gasteiger partial charge in [-0.15, -0.1) is 0 Å². The van der Waals surface area contributed by atoms with Crippen molar-refractivity contribution in [1.82, 2.24) is 4.98 Å². The second kappa shape index (κ2) is 7.20. The van der Waals surface area contributed by atoms with Crippen LogP contribution in [0.25, 0.3) is 0 Å². The number of amides is 1. The van der Waals surface area contributed by atoms with Crippen LogP contribution in [0.15, 0.2) is 36.5 Å². The van der Waals surface area contributed by atoms with Crippen molar-refractivity contribution in [2.75, 3.05) is 11.9 Å². The van der Waals surface area contributed by atoms with Crippen LogP contribution >= 0.6 is 23.2 Å². The Morgan fingerprint density at radius 1 is 1.18 bits per heavy atom. The topological polar surface area (TPSA) is 68.3 Å². The van der Waals surface area contributed by atoms with E-state index in [1.807, 2.05) is 0 Å². The predicted octanol–water partition coefficient (Wildman–Crippen LogP) is 3.32. The van der Waals surface area contributed by atoms with Crippen molar-refractivity contribution in [3.8, 4) is 0 Å². The van der Waals surface area contributed by atoms with Crippen molar-refractivity contribution in [2.45, 2.75) is 0 Å². The standard InChI is InChI=1S/C14H9Cl2FN2O3/c15-8-1-2-10(17)11(5-8)19-13(20)7-22-14(21)12-6-9(16)3-4-18-12/h1-6H,7H2,(H,19,20). The van der Waals surface area contributed by atoms with E-state index < -0.39 is 24.3 Å². The van der Waals surface area contributed by atoms with E-state index in [2.05, 4.69) is 10.3 Å². The predicted molar refractivity (Wildman–Crippen MR) is 79.6 cm³/mol. The Hall–Kier alpha value is -2.18. The van der Waals surface area contributed by atoms with Crippen LogP contribution in [0.5, 0.6) is 0 Å². The summed E-state index contributed by atoms with van der Waals surface area (Å²) in [5.74, 6) is -2.18. The Bertz CT molecular complexity index is 725. The van der Waals surface area contributed by atoms with Crippen LogP contribution < -0.4 is 5.32 Å². The minimum Gasteiger partial charge on any atom is -0.451 e. The van der Waals surface area contributed by atoms with Gasteiger partial charge in [-0.05, 0) is 30.3 Å². The average Bonchev–Trinajstić information content (AvgIpc) is 2.48. The maximum atomic E-state index is 13.4. The zero-order chi connectivity index (χ0) is 16.1. The fourth-order valence-electron chi connectivity index (χ4n) is 1.50. The van der Waals surface area contributed by atoms with E-state index in [0.717, 1.165) is 6.07 Å². The number of pyridine rings is 1. The van der Waals surface area contributed by atoms with E-state index in [1.54, 1.807) is 0 Å². The van der Waals surface area contributed by atoms with Crippen molar-refractivity contribution < 1.29 is 18.7 Å². The number of hydrogen-bond acceptors (Lipinski definition) is 4. The molecule has 2 aromatic rings. The lowest BCUT2D eigenvalue weighted by atomic mass is 10.3. The zero-order valence-electron chi connectivity index (χ0n) is 11.0. The molecule has 1 amide bonds. The van der Waals surface area contributed by atoms with Gasteiger partial charge in [0.2, 0.25) is 0 Å². The molecule has 0 bridgehead atoms. The number of carbonyl (C=O) groups is 2. The fourth-order valence-corrected chi connectivity index (χ4v) is 1.83. The molecule has 0 saturated carbocycles. The quantitative estimate of drug-likeness (QED) is 0.865. The minimum atomic E-state index is -0.816. The van der Waals surface area contributed by atoms with Crippen LogP contribution in [0.1, 0.15) is 10.5 Å². The van der Waals surface area contributed by atoms with Crippen molar-refractivity contribution >= 4 is 40.8 Å². The molecule has 0 spiro atoms. The van der Waals surface area contributed by atoms with Gasteiger partial charge in [-0.25, -0.2) is 14.2 Å². The van der Waals surface area contributed by atoms with Gasteiger partial charge in [0.15, 0.2) is 6.61 Å². The maximum Gasteiger partial charge on any atom is 0.357 e. The van der Waals surface area contributed by atoms with Crippen molar-refractivity contribution in [3.63, 3.8) is 0 Å². The molecule has 1 aromatic carbocycles. The molecule has 0 radical (unpaired) electrons. The molecule has 2 rings (SSSR count). The molecule has 5 nitrogen and oxygen atoms in total. The van der Waals surface area contributed by atoms with Gasteiger partial charge in [0, 0.05) is 16.2 Å². The summed E-state index contributed by atoms with van der Waals surface area (Å²) in [5.41, 5.74) is -0.135. The largest absolute Gasteiger partial charge is 0.451 e. The van der Waals surface area contributed by atoms with E-state index >= 15 is 0 Å². The molecule has 0 saturated heterocycles. The zero-order valence-corrected chi connectivity index (χ0v) is 12.5. The van der Waals surface area contributed by atoms with Crippen molar-refractivity contribution in [3.05, 3.63) is 58.1 Å². The third-order valence-electron chi connectivity index (χ3n) is 2.47. The summed E-state index contributed by atoms with van der Waals surface area (Å²) in [6, 6.07) is 6.50. The second-order valence-corrected chi connectivity index (χ2v) is 4.98. The summed E-state index contributed by atoms with van der Waals surface area (Å²) < 4.78 is 18.2. The van der Waals surface area contributed by atoms with Gasteiger partial charge in [-0.3, -0.25) is 4.79 Å². The number of halogens is 3. The number of ether oxygens (including phenoxy) is 1. The first-order chi connectivity index (χ1) is 10.5. The number of anilines is 1. The number of rotatable bonds is 4. The maximum absolute atomic E-state index is 13.4. The third-order valence-corrected chi connectivity index (χ3v) is 2.94. The molecular weight excluding hydrogens is 334 g/mol. The molecule has 1 heterocycles. The van der Waals surface area contributed by atoms with Crippen LogP contribution in [0, 0.1) is 5.82 Å². The number of esters is 1. The highest BCUT2D eigenvalue weighted by molar-refractivity contribution is 6.31. The highest BCUT2D eigenvalue weighted by atomic mass is 35.5. The molecule has 0 aliphatic rings. The highest BCUT2D eigenvalue weighted by Gasteiger charge is 2.13. The van der Waals surface area contributed by atoms with Gasteiger partial charge in [-0.2, -0.15) is 0 Å². The Morgan fingerprint density at radius 3 is 2.64 bits per heavy atom. The highest BCUT2D eigenvalue weighted by Crippen LogP contribution is 2.19. The number of nitrogens with one attached hydrogen (secondary N) is 1. The van der Waals surface area contributed by atoms with E-state index in [9.17, 15) is 14.0 Å². The number of aromatic nitrogens is 1. The average molecular weight is 343 g/mol. The van der Waals surface area contributed by atoms with Crippen molar-refractivity contribution in [2.24, 2.45) is 0 Å². The summed E-state index contributed by atoms with van der Waals surface area (Å²) in [6.45, 7) is -0.598. The monoisotopic (exact) mass is 342 g/mol. The number of carbonyl (C=O) groups excluding carboxylic acids is 2. The molecule has 1 aromatic heterocycles. The molecule has 0 unspecified atom stereocenters. The molecule has 0 aliphatic carbocycles. The fraction of sp³-hybridized carbons (Fsp3) is 0.0714. The lowest BCUT2D eigenvalue weighted by Crippen LogP contribution is -2.21. The van der Waals surface area contributed by atoms with E-state index in [1.165, 1.54) is 30.5 Å². The molecule has 1 N–H and O–H groups in total. The second-order valence-electron chi connectivity index (χ2n) is 4.11. The van der Waals surface area contributed by atoms with Crippen LogP contribution in [0.2, 0.25) is 10.0 Å². The normalized spacial score (nSPS) is 10.1. The van der Waals surface area contributed by atoms with Gasteiger partial charge >= 0.3 is 5.97 Å².